The van der Waals surface area contributed by atoms with Gasteiger partial charge in [-0.2, -0.15) is 0 Å². The topological polar surface area (TPSA) is 90.7 Å². The molecule has 0 amide bonds. The van der Waals surface area contributed by atoms with Gasteiger partial charge in [0.1, 0.15) is 5.75 Å². The number of carboxylic acids is 1. The van der Waals surface area contributed by atoms with E-state index in [0.717, 1.165) is 5.56 Å². The minimum absolute atomic E-state index is 0.00543. The van der Waals surface area contributed by atoms with Crippen LogP contribution in [0.5, 0.6) is 5.75 Å². The van der Waals surface area contributed by atoms with Gasteiger partial charge in [0.2, 0.25) is 0 Å². The van der Waals surface area contributed by atoms with Crippen LogP contribution in [-0.4, -0.2) is 38.9 Å². The lowest BCUT2D eigenvalue weighted by Gasteiger charge is -2.22. The van der Waals surface area contributed by atoms with Crippen LogP contribution in [0.15, 0.2) is 36.5 Å². The lowest BCUT2D eigenvalue weighted by Crippen LogP contribution is -2.26. The summed E-state index contributed by atoms with van der Waals surface area (Å²) >= 11 is 0. The molecule has 1 aromatic heterocycles. The molecule has 1 aromatic carbocycles. The Hall–Kier alpha value is -2.73. The third-order valence-corrected chi connectivity index (χ3v) is 3.76. The number of benzene rings is 1. The van der Waals surface area contributed by atoms with Gasteiger partial charge in [-0.15, -0.1) is 0 Å². The van der Waals surface area contributed by atoms with E-state index < -0.39 is 5.97 Å². The number of carbonyl (C=O) groups is 2. The molecule has 0 saturated carbocycles. The highest BCUT2D eigenvalue weighted by Crippen LogP contribution is 2.23. The number of hydrogen-bond donors (Lipinski definition) is 2. The van der Waals surface area contributed by atoms with Crippen molar-refractivity contribution in [2.24, 2.45) is 0 Å². The Morgan fingerprint density at radius 3 is 2.58 bits per heavy atom. The molecule has 1 heterocycles. The molecule has 126 valence electrons. The first-order chi connectivity index (χ1) is 11.5. The van der Waals surface area contributed by atoms with E-state index in [2.05, 4.69) is 4.98 Å². The van der Waals surface area contributed by atoms with E-state index in [-0.39, 0.29) is 17.7 Å². The van der Waals surface area contributed by atoms with E-state index in [4.69, 9.17) is 5.11 Å². The molecular formula is C18H20N2O4. The van der Waals surface area contributed by atoms with Crippen LogP contribution in [0.3, 0.4) is 0 Å². The van der Waals surface area contributed by atoms with Crippen molar-refractivity contribution < 1.29 is 19.8 Å². The molecule has 0 spiro atoms. The van der Waals surface area contributed by atoms with Gasteiger partial charge < -0.3 is 10.2 Å². The minimum atomic E-state index is -0.881. The Morgan fingerprint density at radius 1 is 1.25 bits per heavy atom. The standard InChI is InChI=1S/C18H20N2O4/c1-13-18(24)16(12-21)15(9-19-13)11-20(8-7-17(22)23)10-14-5-3-2-4-6-14/h2-6,9,12,24H,7-8,10-11H2,1H3,(H,22,23). The van der Waals surface area contributed by atoms with Gasteiger partial charge in [0.15, 0.2) is 6.29 Å². The maximum atomic E-state index is 11.3. The van der Waals surface area contributed by atoms with Gasteiger partial charge in [0.05, 0.1) is 17.7 Å². The van der Waals surface area contributed by atoms with E-state index in [1.165, 1.54) is 0 Å². The first-order valence-electron chi connectivity index (χ1n) is 7.62. The van der Waals surface area contributed by atoms with Crippen LogP contribution in [-0.2, 0) is 17.9 Å². The van der Waals surface area contributed by atoms with Crippen molar-refractivity contribution in [1.82, 2.24) is 9.88 Å². The summed E-state index contributed by atoms with van der Waals surface area (Å²) in [5, 5.41) is 18.9. The zero-order valence-corrected chi connectivity index (χ0v) is 13.5. The highest BCUT2D eigenvalue weighted by molar-refractivity contribution is 5.81. The van der Waals surface area contributed by atoms with Crippen LogP contribution in [0, 0.1) is 6.92 Å². The highest BCUT2D eigenvalue weighted by Gasteiger charge is 2.15. The molecule has 0 bridgehead atoms. The molecule has 0 radical (unpaired) electrons. The predicted octanol–water partition coefficient (Wildman–Crippen LogP) is 2.39. The van der Waals surface area contributed by atoms with Crippen molar-refractivity contribution in [1.29, 1.82) is 0 Å². The van der Waals surface area contributed by atoms with Gasteiger partial charge in [0, 0.05) is 25.8 Å². The predicted molar refractivity (Wildman–Crippen MR) is 88.8 cm³/mol. The first kappa shape index (κ1) is 17.6. The molecule has 0 fully saturated rings. The second kappa shape index (κ2) is 8.21. The molecular weight excluding hydrogens is 308 g/mol. The van der Waals surface area contributed by atoms with Crippen molar-refractivity contribution in [3.05, 3.63) is 58.9 Å². The van der Waals surface area contributed by atoms with E-state index >= 15 is 0 Å². The fourth-order valence-electron chi connectivity index (χ4n) is 2.46. The molecule has 0 saturated heterocycles. The molecule has 0 aliphatic carbocycles. The summed E-state index contributed by atoms with van der Waals surface area (Å²) in [6.45, 7) is 2.83. The number of rotatable bonds is 8. The number of hydrogen-bond acceptors (Lipinski definition) is 5. The Labute approximate surface area is 140 Å². The molecule has 0 atom stereocenters. The van der Waals surface area contributed by atoms with Crippen LogP contribution in [0.4, 0.5) is 0 Å². The van der Waals surface area contributed by atoms with Crippen molar-refractivity contribution in [3.8, 4) is 5.75 Å². The zero-order valence-electron chi connectivity index (χ0n) is 13.5. The lowest BCUT2D eigenvalue weighted by molar-refractivity contribution is -0.137. The summed E-state index contributed by atoms with van der Waals surface area (Å²) < 4.78 is 0. The molecule has 6 heteroatoms. The van der Waals surface area contributed by atoms with E-state index in [0.29, 0.717) is 37.2 Å². The molecule has 6 nitrogen and oxygen atoms in total. The highest BCUT2D eigenvalue weighted by atomic mass is 16.4. The van der Waals surface area contributed by atoms with Crippen LogP contribution < -0.4 is 0 Å². The first-order valence-corrected chi connectivity index (χ1v) is 7.62. The quantitative estimate of drug-likeness (QED) is 0.723. The average Bonchev–Trinajstić information content (AvgIpc) is 2.57. The SMILES string of the molecule is Cc1ncc(CN(CCC(=O)O)Cc2ccccc2)c(C=O)c1O. The van der Waals surface area contributed by atoms with Gasteiger partial charge in [-0.05, 0) is 18.1 Å². The fraction of sp³-hybridized carbons (Fsp3) is 0.278. The summed E-state index contributed by atoms with van der Waals surface area (Å²) in [7, 11) is 0. The number of carbonyl (C=O) groups excluding carboxylic acids is 1. The van der Waals surface area contributed by atoms with Crippen LogP contribution in [0.1, 0.15) is 33.6 Å². The summed E-state index contributed by atoms with van der Waals surface area (Å²) in [6, 6.07) is 9.66. The monoisotopic (exact) mass is 328 g/mol. The number of aryl methyl sites for hydroxylation is 1. The van der Waals surface area contributed by atoms with E-state index in [1.54, 1.807) is 13.1 Å². The van der Waals surface area contributed by atoms with E-state index in [9.17, 15) is 14.7 Å². The summed E-state index contributed by atoms with van der Waals surface area (Å²) in [4.78, 5) is 28.2. The van der Waals surface area contributed by atoms with Crippen molar-refractivity contribution in [3.63, 3.8) is 0 Å². The number of nitrogens with zero attached hydrogens (tertiary/aromatic N) is 2. The van der Waals surface area contributed by atoms with Crippen LogP contribution >= 0.6 is 0 Å². The Kier molecular flexibility index (Phi) is 6.03. The maximum absolute atomic E-state index is 11.3. The maximum Gasteiger partial charge on any atom is 0.304 e. The molecule has 2 aromatic rings. The second-order valence-corrected chi connectivity index (χ2v) is 5.59. The number of aldehydes is 1. The van der Waals surface area contributed by atoms with Gasteiger partial charge in [-0.1, -0.05) is 30.3 Å². The fourth-order valence-corrected chi connectivity index (χ4v) is 2.46. The van der Waals surface area contributed by atoms with Crippen molar-refractivity contribution >= 4 is 12.3 Å². The summed E-state index contributed by atoms with van der Waals surface area (Å²) in [6.07, 6.45) is 2.16. The van der Waals surface area contributed by atoms with Crippen molar-refractivity contribution in [2.75, 3.05) is 6.54 Å². The summed E-state index contributed by atoms with van der Waals surface area (Å²) in [5.74, 6) is -1.01. The summed E-state index contributed by atoms with van der Waals surface area (Å²) in [5.41, 5.74) is 2.21. The Morgan fingerprint density at radius 2 is 1.96 bits per heavy atom. The van der Waals surface area contributed by atoms with E-state index in [1.807, 2.05) is 35.2 Å². The van der Waals surface area contributed by atoms with Gasteiger partial charge in [0.25, 0.3) is 0 Å². The van der Waals surface area contributed by atoms with Crippen LogP contribution in [0.25, 0.3) is 0 Å². The Balaban J connectivity index is 2.23. The third-order valence-electron chi connectivity index (χ3n) is 3.76. The minimum Gasteiger partial charge on any atom is -0.505 e. The largest absolute Gasteiger partial charge is 0.505 e. The zero-order chi connectivity index (χ0) is 17.5. The molecule has 0 aliphatic heterocycles. The number of aromatic hydroxyl groups is 1. The van der Waals surface area contributed by atoms with Crippen molar-refractivity contribution in [2.45, 2.75) is 26.4 Å². The molecule has 2 N–H and O–H groups in total. The van der Waals surface area contributed by atoms with Crippen LogP contribution in [0.2, 0.25) is 0 Å². The smallest absolute Gasteiger partial charge is 0.304 e. The second-order valence-electron chi connectivity index (χ2n) is 5.59. The number of carboxylic acid groups (broad SMARTS) is 1. The number of aliphatic carboxylic acids is 1. The Bertz CT molecular complexity index is 716. The number of aromatic nitrogens is 1. The van der Waals surface area contributed by atoms with Gasteiger partial charge in [-0.3, -0.25) is 19.5 Å². The molecule has 0 aliphatic rings. The average molecular weight is 328 g/mol. The normalized spacial score (nSPS) is 10.8. The third kappa shape index (κ3) is 4.63. The molecule has 2 rings (SSSR count). The lowest BCUT2D eigenvalue weighted by atomic mass is 10.1. The van der Waals surface area contributed by atoms with Gasteiger partial charge in [-0.25, -0.2) is 0 Å². The number of pyridine rings is 1. The van der Waals surface area contributed by atoms with Gasteiger partial charge >= 0.3 is 5.97 Å². The molecule has 0 unspecified atom stereocenters. The molecule has 24 heavy (non-hydrogen) atoms.